The van der Waals surface area contributed by atoms with Crippen molar-refractivity contribution in [1.82, 2.24) is 4.98 Å². The Morgan fingerprint density at radius 1 is 1.57 bits per heavy atom. The fraction of sp³-hybridized carbons (Fsp3) is 0. The lowest BCUT2D eigenvalue weighted by Crippen LogP contribution is -2.13. The summed E-state index contributed by atoms with van der Waals surface area (Å²) in [6.45, 7) is 0. The number of oxazole rings is 1. The Bertz CT molecular complexity index is 506. The molecule has 0 spiro atoms. The van der Waals surface area contributed by atoms with Crippen molar-refractivity contribution in [2.45, 2.75) is 0 Å². The fourth-order valence-electron chi connectivity index (χ4n) is 1.05. The van der Waals surface area contributed by atoms with Crippen molar-refractivity contribution >= 4 is 32.9 Å². The van der Waals surface area contributed by atoms with E-state index < -0.39 is 0 Å². The number of hydrogen-bond acceptors (Lipinski definition) is 4. The summed E-state index contributed by atoms with van der Waals surface area (Å²) in [5.41, 5.74) is 6.57. The first-order valence-corrected chi connectivity index (χ1v) is 4.54. The van der Waals surface area contributed by atoms with Crippen LogP contribution in [0.1, 0.15) is 5.89 Å². The number of aromatic nitrogens is 1. The molecule has 6 heteroatoms. The molecule has 14 heavy (non-hydrogen) atoms. The average molecular weight is 256 g/mol. The predicted molar refractivity (Wildman–Crippen MR) is 54.2 cm³/mol. The molecule has 0 amide bonds. The van der Waals surface area contributed by atoms with Gasteiger partial charge in [0.05, 0.1) is 0 Å². The molecule has 1 aromatic heterocycles. The standard InChI is InChI=1S/C8H6BrN3O2/c9-4-1-2-6-5(3-4)11-8(14-6)7(10)12-13/h1-3,13H,(H2,10,12). The highest BCUT2D eigenvalue weighted by atomic mass is 79.9. The van der Waals surface area contributed by atoms with E-state index in [1.165, 1.54) is 0 Å². The van der Waals surface area contributed by atoms with E-state index in [0.717, 1.165) is 4.47 Å². The summed E-state index contributed by atoms with van der Waals surface area (Å²) in [5.74, 6) is -0.0297. The van der Waals surface area contributed by atoms with Gasteiger partial charge in [0, 0.05) is 4.47 Å². The van der Waals surface area contributed by atoms with Gasteiger partial charge in [-0.05, 0) is 18.2 Å². The van der Waals surface area contributed by atoms with Gasteiger partial charge in [-0.15, -0.1) is 0 Å². The maximum atomic E-state index is 8.42. The number of nitrogens with zero attached hydrogens (tertiary/aromatic N) is 2. The Kier molecular flexibility index (Phi) is 2.12. The maximum absolute atomic E-state index is 8.42. The Morgan fingerprint density at radius 3 is 3.07 bits per heavy atom. The average Bonchev–Trinajstić information content (AvgIpc) is 2.59. The van der Waals surface area contributed by atoms with E-state index in [1.54, 1.807) is 12.1 Å². The normalized spacial score (nSPS) is 12.2. The molecule has 2 aromatic rings. The van der Waals surface area contributed by atoms with Crippen LogP contribution < -0.4 is 5.73 Å². The van der Waals surface area contributed by atoms with Crippen LogP contribution in [-0.4, -0.2) is 16.0 Å². The van der Waals surface area contributed by atoms with Gasteiger partial charge < -0.3 is 15.4 Å². The van der Waals surface area contributed by atoms with E-state index in [9.17, 15) is 0 Å². The molecule has 1 heterocycles. The largest absolute Gasteiger partial charge is 0.434 e. The molecular formula is C8H6BrN3O2. The molecule has 0 radical (unpaired) electrons. The van der Waals surface area contributed by atoms with E-state index in [4.69, 9.17) is 15.4 Å². The van der Waals surface area contributed by atoms with Crippen molar-refractivity contribution in [2.24, 2.45) is 10.9 Å². The van der Waals surface area contributed by atoms with Gasteiger partial charge >= 0.3 is 0 Å². The minimum Gasteiger partial charge on any atom is -0.434 e. The number of fused-ring (bicyclic) bond motifs is 1. The molecule has 0 saturated carbocycles. The number of amidine groups is 1. The predicted octanol–water partition coefficient (Wildman–Crippen LogP) is 1.68. The molecule has 0 unspecified atom stereocenters. The zero-order valence-corrected chi connectivity index (χ0v) is 8.52. The summed E-state index contributed by atoms with van der Waals surface area (Å²) in [6.07, 6.45) is 0. The van der Waals surface area contributed by atoms with Crippen LogP contribution in [0.4, 0.5) is 0 Å². The number of nitrogens with two attached hydrogens (primary N) is 1. The molecule has 0 aliphatic rings. The Morgan fingerprint density at radius 2 is 2.36 bits per heavy atom. The third-order valence-electron chi connectivity index (χ3n) is 1.68. The van der Waals surface area contributed by atoms with Gasteiger partial charge in [0.15, 0.2) is 5.58 Å². The highest BCUT2D eigenvalue weighted by Crippen LogP contribution is 2.20. The van der Waals surface area contributed by atoms with Crippen LogP contribution in [0.25, 0.3) is 11.1 Å². The molecule has 0 saturated heterocycles. The topological polar surface area (TPSA) is 84.6 Å². The van der Waals surface area contributed by atoms with Crippen molar-refractivity contribution in [3.63, 3.8) is 0 Å². The molecule has 0 atom stereocenters. The molecule has 0 fully saturated rings. The SMILES string of the molecule is N/C(=N\O)c1nc2cc(Br)ccc2o1. The molecule has 0 aliphatic carbocycles. The lowest BCUT2D eigenvalue weighted by Gasteiger charge is -1.86. The van der Waals surface area contributed by atoms with E-state index in [1.807, 2.05) is 6.07 Å². The van der Waals surface area contributed by atoms with Gasteiger partial charge in [-0.1, -0.05) is 21.1 Å². The molecule has 0 bridgehead atoms. The molecule has 0 aliphatic heterocycles. The van der Waals surface area contributed by atoms with E-state index >= 15 is 0 Å². The smallest absolute Gasteiger partial charge is 0.266 e. The van der Waals surface area contributed by atoms with E-state index in [-0.39, 0.29) is 11.7 Å². The lowest BCUT2D eigenvalue weighted by molar-refractivity contribution is 0.317. The number of rotatable bonds is 1. The van der Waals surface area contributed by atoms with Crippen molar-refractivity contribution in [3.8, 4) is 0 Å². The van der Waals surface area contributed by atoms with Crippen LogP contribution in [0.5, 0.6) is 0 Å². The van der Waals surface area contributed by atoms with Crippen LogP contribution in [-0.2, 0) is 0 Å². The fourth-order valence-corrected chi connectivity index (χ4v) is 1.40. The quantitative estimate of drug-likeness (QED) is 0.352. The molecule has 72 valence electrons. The molecule has 3 N–H and O–H groups in total. The summed E-state index contributed by atoms with van der Waals surface area (Å²) >= 11 is 3.30. The van der Waals surface area contributed by atoms with Crippen molar-refractivity contribution < 1.29 is 9.62 Å². The zero-order chi connectivity index (χ0) is 10.1. The highest BCUT2D eigenvalue weighted by molar-refractivity contribution is 9.10. The number of benzene rings is 1. The second-order valence-corrected chi connectivity index (χ2v) is 3.53. The summed E-state index contributed by atoms with van der Waals surface area (Å²) < 4.78 is 6.12. The van der Waals surface area contributed by atoms with Gasteiger partial charge in [0.25, 0.3) is 5.89 Å². The third kappa shape index (κ3) is 1.44. The first kappa shape index (κ1) is 9.01. The third-order valence-corrected chi connectivity index (χ3v) is 2.17. The van der Waals surface area contributed by atoms with Crippen LogP contribution in [0.2, 0.25) is 0 Å². The number of hydrogen-bond donors (Lipinski definition) is 2. The Labute approximate surface area is 87.3 Å². The Balaban J connectivity index is 2.62. The summed E-state index contributed by atoms with van der Waals surface area (Å²) in [7, 11) is 0. The second-order valence-electron chi connectivity index (χ2n) is 2.62. The molecule has 2 rings (SSSR count). The van der Waals surface area contributed by atoms with Crippen LogP contribution in [0.15, 0.2) is 32.2 Å². The van der Waals surface area contributed by atoms with Crippen LogP contribution in [0, 0.1) is 0 Å². The highest BCUT2D eigenvalue weighted by Gasteiger charge is 2.09. The monoisotopic (exact) mass is 255 g/mol. The van der Waals surface area contributed by atoms with E-state index in [2.05, 4.69) is 26.1 Å². The summed E-state index contributed by atoms with van der Waals surface area (Å²) in [6, 6.07) is 5.36. The second kappa shape index (κ2) is 3.30. The van der Waals surface area contributed by atoms with E-state index in [0.29, 0.717) is 11.1 Å². The van der Waals surface area contributed by atoms with Gasteiger partial charge in [-0.3, -0.25) is 0 Å². The Hall–Kier alpha value is -1.56. The first-order valence-electron chi connectivity index (χ1n) is 3.74. The van der Waals surface area contributed by atoms with Gasteiger partial charge in [-0.2, -0.15) is 0 Å². The zero-order valence-electron chi connectivity index (χ0n) is 6.94. The summed E-state index contributed by atoms with van der Waals surface area (Å²) in [4.78, 5) is 4.03. The van der Waals surface area contributed by atoms with Crippen LogP contribution in [0.3, 0.4) is 0 Å². The van der Waals surface area contributed by atoms with Crippen molar-refractivity contribution in [3.05, 3.63) is 28.6 Å². The van der Waals surface area contributed by atoms with Gasteiger partial charge in [-0.25, -0.2) is 4.98 Å². The van der Waals surface area contributed by atoms with Gasteiger partial charge in [0.1, 0.15) is 5.52 Å². The lowest BCUT2D eigenvalue weighted by atomic mass is 10.3. The van der Waals surface area contributed by atoms with Crippen molar-refractivity contribution in [2.75, 3.05) is 0 Å². The molecular weight excluding hydrogens is 250 g/mol. The molecule has 1 aromatic carbocycles. The summed E-state index contributed by atoms with van der Waals surface area (Å²) in [5, 5.41) is 11.2. The van der Waals surface area contributed by atoms with Crippen molar-refractivity contribution in [1.29, 1.82) is 0 Å². The van der Waals surface area contributed by atoms with Gasteiger partial charge in [0.2, 0.25) is 5.84 Å². The molecule has 5 nitrogen and oxygen atoms in total. The number of halogens is 1. The minimum absolute atomic E-state index is 0.112. The van der Waals surface area contributed by atoms with Crippen LogP contribution >= 0.6 is 15.9 Å². The number of oxime groups is 1. The maximum Gasteiger partial charge on any atom is 0.266 e. The minimum atomic E-state index is -0.141. The first-order chi connectivity index (χ1) is 6.70.